The van der Waals surface area contributed by atoms with Gasteiger partial charge in [0.1, 0.15) is 0 Å². The molecule has 0 saturated heterocycles. The summed E-state index contributed by atoms with van der Waals surface area (Å²) in [7, 11) is 0. The van der Waals surface area contributed by atoms with Crippen molar-refractivity contribution in [2.75, 3.05) is 0 Å². The van der Waals surface area contributed by atoms with Crippen molar-refractivity contribution in [1.29, 1.82) is 0 Å². The molecule has 11 heavy (non-hydrogen) atoms. The lowest BCUT2D eigenvalue weighted by atomic mass is 9.90. The van der Waals surface area contributed by atoms with Crippen LogP contribution < -0.4 is 0 Å². The third-order valence-electron chi connectivity index (χ3n) is 2.64. The normalized spacial score (nSPS) is 32.0. The first-order valence-corrected chi connectivity index (χ1v) is 4.26. The van der Waals surface area contributed by atoms with Crippen molar-refractivity contribution in [2.24, 2.45) is 23.7 Å². The molecule has 3 unspecified atom stereocenters. The van der Waals surface area contributed by atoms with E-state index in [0.717, 1.165) is 6.42 Å². The molecule has 2 heteroatoms. The number of hydrogen-bond acceptors (Lipinski definition) is 1. The summed E-state index contributed by atoms with van der Waals surface area (Å²) in [6, 6.07) is 0. The van der Waals surface area contributed by atoms with Crippen LogP contribution in [0.1, 0.15) is 27.2 Å². The van der Waals surface area contributed by atoms with Gasteiger partial charge in [0, 0.05) is 0 Å². The molecular formula is C9H16O2. The lowest BCUT2D eigenvalue weighted by Gasteiger charge is -2.14. The molecule has 3 atom stereocenters. The van der Waals surface area contributed by atoms with E-state index in [1.165, 1.54) is 0 Å². The quantitative estimate of drug-likeness (QED) is 0.678. The molecule has 0 aromatic rings. The minimum absolute atomic E-state index is 0.106. The number of carboxylic acids is 1. The van der Waals surface area contributed by atoms with Gasteiger partial charge in [-0.3, -0.25) is 4.79 Å². The lowest BCUT2D eigenvalue weighted by molar-refractivity contribution is -0.144. The van der Waals surface area contributed by atoms with Crippen LogP contribution >= 0.6 is 0 Å². The second-order valence-corrected chi connectivity index (χ2v) is 3.98. The third kappa shape index (κ3) is 1.73. The second kappa shape index (κ2) is 2.84. The van der Waals surface area contributed by atoms with Gasteiger partial charge in [-0.25, -0.2) is 0 Å². The first-order chi connectivity index (χ1) is 5.04. The maximum Gasteiger partial charge on any atom is 0.307 e. The molecular weight excluding hydrogens is 140 g/mol. The minimum Gasteiger partial charge on any atom is -0.481 e. The van der Waals surface area contributed by atoms with Gasteiger partial charge in [0.2, 0.25) is 0 Å². The van der Waals surface area contributed by atoms with Crippen LogP contribution in [-0.2, 0) is 4.79 Å². The Labute approximate surface area is 67.6 Å². The summed E-state index contributed by atoms with van der Waals surface area (Å²) in [5.41, 5.74) is 0. The molecule has 0 aromatic heterocycles. The summed E-state index contributed by atoms with van der Waals surface area (Å²) in [4.78, 5) is 10.8. The van der Waals surface area contributed by atoms with E-state index in [1.54, 1.807) is 0 Å². The van der Waals surface area contributed by atoms with Crippen molar-refractivity contribution in [1.82, 2.24) is 0 Å². The van der Waals surface area contributed by atoms with Gasteiger partial charge < -0.3 is 5.11 Å². The minimum atomic E-state index is -0.616. The number of carbonyl (C=O) groups is 1. The van der Waals surface area contributed by atoms with Crippen LogP contribution in [0.2, 0.25) is 0 Å². The van der Waals surface area contributed by atoms with E-state index < -0.39 is 5.97 Å². The molecule has 1 aliphatic carbocycles. The summed E-state index contributed by atoms with van der Waals surface area (Å²) in [5.74, 6) is 0.646. The first-order valence-electron chi connectivity index (χ1n) is 4.26. The Kier molecular flexibility index (Phi) is 2.21. The molecule has 1 N–H and O–H groups in total. The van der Waals surface area contributed by atoms with Crippen molar-refractivity contribution in [3.05, 3.63) is 0 Å². The van der Waals surface area contributed by atoms with Gasteiger partial charge in [-0.1, -0.05) is 20.8 Å². The van der Waals surface area contributed by atoms with E-state index in [0.29, 0.717) is 11.8 Å². The molecule has 0 heterocycles. The largest absolute Gasteiger partial charge is 0.481 e. The first kappa shape index (κ1) is 8.57. The highest BCUT2D eigenvalue weighted by Crippen LogP contribution is 2.46. The molecule has 1 saturated carbocycles. The average molecular weight is 156 g/mol. The number of rotatable bonds is 3. The fourth-order valence-electron chi connectivity index (χ4n) is 1.81. The zero-order valence-electron chi connectivity index (χ0n) is 7.37. The van der Waals surface area contributed by atoms with Crippen LogP contribution in [0.3, 0.4) is 0 Å². The molecule has 64 valence electrons. The molecule has 0 aliphatic heterocycles. The van der Waals surface area contributed by atoms with Gasteiger partial charge in [0.15, 0.2) is 0 Å². The Morgan fingerprint density at radius 3 is 2.09 bits per heavy atom. The predicted octanol–water partition coefficient (Wildman–Crippen LogP) is 2.00. The highest BCUT2D eigenvalue weighted by molar-refractivity contribution is 5.71. The predicted molar refractivity (Wildman–Crippen MR) is 43.2 cm³/mol. The van der Waals surface area contributed by atoms with E-state index in [4.69, 9.17) is 5.11 Å². The number of carboxylic acid groups (broad SMARTS) is 1. The molecule has 1 fully saturated rings. The summed E-state index contributed by atoms with van der Waals surface area (Å²) < 4.78 is 0. The molecule has 1 aliphatic rings. The Bertz CT molecular complexity index is 163. The van der Waals surface area contributed by atoms with Crippen LogP contribution in [0.4, 0.5) is 0 Å². The Balaban J connectivity index is 2.54. The number of hydrogen-bond donors (Lipinski definition) is 1. The average Bonchev–Trinajstić information content (AvgIpc) is 2.44. The molecule has 2 nitrogen and oxygen atoms in total. The smallest absolute Gasteiger partial charge is 0.307 e. The van der Waals surface area contributed by atoms with Crippen LogP contribution in [0, 0.1) is 23.7 Å². The van der Waals surface area contributed by atoms with Gasteiger partial charge in [-0.05, 0) is 24.2 Å². The highest BCUT2D eigenvalue weighted by Gasteiger charge is 2.44. The van der Waals surface area contributed by atoms with Crippen LogP contribution in [0.5, 0.6) is 0 Å². The standard InChI is InChI=1S/C9H16O2/c1-5(2)8(9(10)11)7-4-6(7)3/h5-8H,4H2,1-3H3,(H,10,11). The Morgan fingerprint density at radius 2 is 2.00 bits per heavy atom. The third-order valence-corrected chi connectivity index (χ3v) is 2.64. The van der Waals surface area contributed by atoms with Crippen molar-refractivity contribution >= 4 is 5.97 Å². The maximum absolute atomic E-state index is 10.8. The van der Waals surface area contributed by atoms with Crippen LogP contribution in [0.25, 0.3) is 0 Å². The van der Waals surface area contributed by atoms with Crippen LogP contribution in [0.15, 0.2) is 0 Å². The molecule has 1 rings (SSSR count). The van der Waals surface area contributed by atoms with Crippen molar-refractivity contribution in [2.45, 2.75) is 27.2 Å². The summed E-state index contributed by atoms with van der Waals surface area (Å²) in [6.45, 7) is 6.11. The molecule has 0 spiro atoms. The van der Waals surface area contributed by atoms with E-state index in [9.17, 15) is 4.79 Å². The maximum atomic E-state index is 10.8. The lowest BCUT2D eigenvalue weighted by Crippen LogP contribution is -2.22. The SMILES string of the molecule is CC(C)C(C(=O)O)C1CC1C. The van der Waals surface area contributed by atoms with Crippen molar-refractivity contribution in [3.63, 3.8) is 0 Å². The second-order valence-electron chi connectivity index (χ2n) is 3.98. The summed E-state index contributed by atoms with van der Waals surface area (Å²) in [5, 5.41) is 8.87. The number of aliphatic carboxylic acids is 1. The topological polar surface area (TPSA) is 37.3 Å². The monoisotopic (exact) mass is 156 g/mol. The highest BCUT2D eigenvalue weighted by atomic mass is 16.4. The molecule has 0 aromatic carbocycles. The van der Waals surface area contributed by atoms with E-state index in [2.05, 4.69) is 6.92 Å². The summed E-state index contributed by atoms with van der Waals surface area (Å²) in [6.07, 6.45) is 1.11. The summed E-state index contributed by atoms with van der Waals surface area (Å²) >= 11 is 0. The van der Waals surface area contributed by atoms with E-state index in [-0.39, 0.29) is 11.8 Å². The fraction of sp³-hybridized carbons (Fsp3) is 0.889. The molecule has 0 amide bonds. The Hall–Kier alpha value is -0.530. The van der Waals surface area contributed by atoms with E-state index >= 15 is 0 Å². The zero-order chi connectivity index (χ0) is 8.59. The van der Waals surface area contributed by atoms with Gasteiger partial charge in [-0.2, -0.15) is 0 Å². The molecule has 0 radical (unpaired) electrons. The Morgan fingerprint density at radius 1 is 1.55 bits per heavy atom. The van der Waals surface area contributed by atoms with Gasteiger partial charge in [-0.15, -0.1) is 0 Å². The zero-order valence-corrected chi connectivity index (χ0v) is 7.37. The fourth-order valence-corrected chi connectivity index (χ4v) is 1.81. The molecule has 0 bridgehead atoms. The van der Waals surface area contributed by atoms with Gasteiger partial charge in [0.05, 0.1) is 5.92 Å². The van der Waals surface area contributed by atoms with Crippen molar-refractivity contribution in [3.8, 4) is 0 Å². The van der Waals surface area contributed by atoms with Crippen molar-refractivity contribution < 1.29 is 9.90 Å². The van der Waals surface area contributed by atoms with Gasteiger partial charge in [0.25, 0.3) is 0 Å². The van der Waals surface area contributed by atoms with Gasteiger partial charge >= 0.3 is 5.97 Å². The van der Waals surface area contributed by atoms with Crippen LogP contribution in [-0.4, -0.2) is 11.1 Å². The van der Waals surface area contributed by atoms with E-state index in [1.807, 2.05) is 13.8 Å².